The van der Waals surface area contributed by atoms with Crippen LogP contribution in [0.3, 0.4) is 0 Å². The maximum absolute atomic E-state index is 12.2. The minimum absolute atomic E-state index is 0.0869. The Balaban J connectivity index is 1.49. The van der Waals surface area contributed by atoms with Crippen molar-refractivity contribution in [3.05, 3.63) is 64.5 Å². The number of carbonyl (C=O) groups is 2. The summed E-state index contributed by atoms with van der Waals surface area (Å²) < 4.78 is 0.807. The summed E-state index contributed by atoms with van der Waals surface area (Å²) in [7, 11) is 1.72. The van der Waals surface area contributed by atoms with Crippen molar-refractivity contribution in [1.82, 2.24) is 9.88 Å². The van der Waals surface area contributed by atoms with E-state index in [1.54, 1.807) is 11.9 Å². The fraction of sp³-hybridized carbons (Fsp3) is 0.150. The van der Waals surface area contributed by atoms with Crippen LogP contribution in [0.1, 0.15) is 0 Å². The summed E-state index contributed by atoms with van der Waals surface area (Å²) in [6.07, 6.45) is 0. The molecule has 0 saturated heterocycles. The SMILES string of the molecule is CN(CC(=O)Nc1nc(-c2ccccc2)cs1)CC(=O)Nc1ccccc1Br. The number of benzene rings is 2. The number of halogens is 1. The number of nitrogens with zero attached hydrogens (tertiary/aromatic N) is 2. The summed E-state index contributed by atoms with van der Waals surface area (Å²) in [6, 6.07) is 17.2. The highest BCUT2D eigenvalue weighted by atomic mass is 79.9. The van der Waals surface area contributed by atoms with Crippen LogP contribution in [0.25, 0.3) is 11.3 Å². The predicted octanol–water partition coefficient (Wildman–Crippen LogP) is 4.08. The number of carbonyl (C=O) groups excluding carboxylic acids is 2. The molecule has 3 aromatic rings. The van der Waals surface area contributed by atoms with Gasteiger partial charge in [-0.3, -0.25) is 14.5 Å². The van der Waals surface area contributed by atoms with Crippen LogP contribution in [-0.4, -0.2) is 41.8 Å². The molecule has 0 fully saturated rings. The highest BCUT2D eigenvalue weighted by Gasteiger charge is 2.13. The van der Waals surface area contributed by atoms with E-state index in [4.69, 9.17) is 0 Å². The molecule has 0 aliphatic rings. The Morgan fingerprint density at radius 3 is 2.36 bits per heavy atom. The van der Waals surface area contributed by atoms with Gasteiger partial charge in [-0.2, -0.15) is 0 Å². The summed E-state index contributed by atoms with van der Waals surface area (Å²) >= 11 is 4.76. The van der Waals surface area contributed by atoms with E-state index in [0.717, 1.165) is 15.7 Å². The van der Waals surface area contributed by atoms with Gasteiger partial charge in [0.1, 0.15) is 0 Å². The molecule has 3 rings (SSSR count). The Labute approximate surface area is 175 Å². The second kappa shape index (κ2) is 9.59. The highest BCUT2D eigenvalue weighted by Crippen LogP contribution is 2.24. The van der Waals surface area contributed by atoms with Crippen molar-refractivity contribution in [3.8, 4) is 11.3 Å². The number of thiazole rings is 1. The van der Waals surface area contributed by atoms with E-state index in [-0.39, 0.29) is 24.9 Å². The average Bonchev–Trinajstić information content (AvgIpc) is 3.12. The molecular formula is C20H19BrN4O2S. The molecule has 2 N–H and O–H groups in total. The lowest BCUT2D eigenvalue weighted by atomic mass is 10.2. The first kappa shape index (κ1) is 20.2. The van der Waals surface area contributed by atoms with Crippen molar-refractivity contribution in [3.63, 3.8) is 0 Å². The van der Waals surface area contributed by atoms with Crippen LogP contribution in [0.4, 0.5) is 10.8 Å². The monoisotopic (exact) mass is 458 g/mol. The number of anilines is 2. The number of amides is 2. The van der Waals surface area contributed by atoms with Crippen molar-refractivity contribution < 1.29 is 9.59 Å². The molecule has 0 bridgehead atoms. The van der Waals surface area contributed by atoms with Crippen molar-refractivity contribution >= 4 is 49.9 Å². The highest BCUT2D eigenvalue weighted by molar-refractivity contribution is 9.10. The quantitative estimate of drug-likeness (QED) is 0.559. The molecule has 0 unspecified atom stereocenters. The molecule has 2 amide bonds. The van der Waals surface area contributed by atoms with Gasteiger partial charge in [-0.1, -0.05) is 42.5 Å². The van der Waals surface area contributed by atoms with Crippen molar-refractivity contribution in [1.29, 1.82) is 0 Å². The smallest absolute Gasteiger partial charge is 0.240 e. The van der Waals surface area contributed by atoms with E-state index in [1.807, 2.05) is 60.0 Å². The second-order valence-corrected chi connectivity index (χ2v) is 7.86. The standard InChI is InChI=1S/C20H19BrN4O2S/c1-25(11-18(26)22-16-10-6-5-9-15(16)21)12-19(27)24-20-23-17(13-28-20)14-7-3-2-4-8-14/h2-10,13H,11-12H2,1H3,(H,22,26)(H,23,24,27). The Morgan fingerprint density at radius 2 is 1.64 bits per heavy atom. The van der Waals surface area contributed by atoms with E-state index in [1.165, 1.54) is 11.3 Å². The molecule has 144 valence electrons. The maximum atomic E-state index is 12.2. The van der Waals surface area contributed by atoms with Crippen LogP contribution < -0.4 is 10.6 Å². The molecule has 1 heterocycles. The number of aromatic nitrogens is 1. The minimum atomic E-state index is -0.217. The molecule has 0 aliphatic heterocycles. The van der Waals surface area contributed by atoms with Crippen LogP contribution in [0, 0.1) is 0 Å². The Kier molecular flexibility index (Phi) is 6.91. The minimum Gasteiger partial charge on any atom is -0.324 e. The third kappa shape index (κ3) is 5.72. The lowest BCUT2D eigenvalue weighted by molar-refractivity contribution is -0.119. The lowest BCUT2D eigenvalue weighted by Crippen LogP contribution is -2.36. The molecule has 0 atom stereocenters. The predicted molar refractivity (Wildman–Crippen MR) is 116 cm³/mol. The number of nitrogens with one attached hydrogen (secondary N) is 2. The van der Waals surface area contributed by atoms with Gasteiger partial charge in [-0.15, -0.1) is 11.3 Å². The Bertz CT molecular complexity index is 962. The van der Waals surface area contributed by atoms with Gasteiger partial charge in [-0.25, -0.2) is 4.98 Å². The first-order valence-corrected chi connectivity index (χ1v) is 10.2. The van der Waals surface area contributed by atoms with Crippen LogP contribution in [0.2, 0.25) is 0 Å². The van der Waals surface area contributed by atoms with E-state index in [0.29, 0.717) is 10.8 Å². The number of hydrogen-bond acceptors (Lipinski definition) is 5. The largest absolute Gasteiger partial charge is 0.324 e. The van der Waals surface area contributed by atoms with Crippen LogP contribution in [-0.2, 0) is 9.59 Å². The fourth-order valence-corrected chi connectivity index (χ4v) is 3.65. The van der Waals surface area contributed by atoms with Gasteiger partial charge in [0.15, 0.2) is 5.13 Å². The molecule has 0 aliphatic carbocycles. The molecule has 0 radical (unpaired) electrons. The molecule has 0 saturated carbocycles. The van der Waals surface area contributed by atoms with Gasteiger partial charge in [0.2, 0.25) is 11.8 Å². The number of likely N-dealkylation sites (N-methyl/N-ethyl adjacent to an activating group) is 1. The maximum Gasteiger partial charge on any atom is 0.240 e. The van der Waals surface area contributed by atoms with Crippen molar-refractivity contribution in [2.24, 2.45) is 0 Å². The van der Waals surface area contributed by atoms with Gasteiger partial charge < -0.3 is 10.6 Å². The van der Waals surface area contributed by atoms with Gasteiger partial charge in [0.05, 0.1) is 24.5 Å². The van der Waals surface area contributed by atoms with Crippen molar-refractivity contribution in [2.45, 2.75) is 0 Å². The summed E-state index contributed by atoms with van der Waals surface area (Å²) in [6.45, 7) is 0.186. The zero-order valence-corrected chi connectivity index (χ0v) is 17.6. The molecule has 0 spiro atoms. The van der Waals surface area contributed by atoms with E-state index in [2.05, 4.69) is 31.5 Å². The summed E-state index contributed by atoms with van der Waals surface area (Å²) in [4.78, 5) is 30.5. The van der Waals surface area contributed by atoms with Crippen LogP contribution in [0.15, 0.2) is 64.5 Å². The first-order chi connectivity index (χ1) is 13.5. The number of rotatable bonds is 7. The molecule has 1 aromatic heterocycles. The first-order valence-electron chi connectivity index (χ1n) is 8.55. The third-order valence-electron chi connectivity index (χ3n) is 3.80. The third-order valence-corrected chi connectivity index (χ3v) is 5.24. The molecular weight excluding hydrogens is 440 g/mol. The van der Waals surface area contributed by atoms with Crippen LogP contribution in [0.5, 0.6) is 0 Å². The van der Waals surface area contributed by atoms with Crippen LogP contribution >= 0.6 is 27.3 Å². The van der Waals surface area contributed by atoms with Gasteiger partial charge in [0, 0.05) is 15.4 Å². The van der Waals surface area contributed by atoms with Gasteiger partial charge in [-0.05, 0) is 35.1 Å². The molecule has 8 heteroatoms. The zero-order chi connectivity index (χ0) is 19.9. The topological polar surface area (TPSA) is 74.3 Å². The average molecular weight is 459 g/mol. The second-order valence-electron chi connectivity index (χ2n) is 6.15. The molecule has 28 heavy (non-hydrogen) atoms. The summed E-state index contributed by atoms with van der Waals surface area (Å²) in [5, 5.41) is 8.04. The Morgan fingerprint density at radius 1 is 1.00 bits per heavy atom. The Hall–Kier alpha value is -2.55. The van der Waals surface area contributed by atoms with E-state index < -0.39 is 0 Å². The molecule has 6 nitrogen and oxygen atoms in total. The van der Waals surface area contributed by atoms with E-state index >= 15 is 0 Å². The normalized spacial score (nSPS) is 10.7. The number of para-hydroxylation sites is 1. The zero-order valence-electron chi connectivity index (χ0n) is 15.2. The summed E-state index contributed by atoms with van der Waals surface area (Å²) in [5.74, 6) is -0.409. The van der Waals surface area contributed by atoms with E-state index in [9.17, 15) is 9.59 Å². The lowest BCUT2D eigenvalue weighted by Gasteiger charge is -2.15. The summed E-state index contributed by atoms with van der Waals surface area (Å²) in [5.41, 5.74) is 2.52. The number of hydrogen-bond donors (Lipinski definition) is 2. The molecule has 2 aromatic carbocycles. The van der Waals surface area contributed by atoms with Crippen molar-refractivity contribution in [2.75, 3.05) is 30.8 Å². The van der Waals surface area contributed by atoms with Gasteiger partial charge >= 0.3 is 0 Å². The van der Waals surface area contributed by atoms with Gasteiger partial charge in [0.25, 0.3) is 0 Å². The fourth-order valence-electron chi connectivity index (χ4n) is 2.53.